The van der Waals surface area contributed by atoms with Crippen molar-refractivity contribution in [3.05, 3.63) is 59.8 Å². The summed E-state index contributed by atoms with van der Waals surface area (Å²) in [6, 6.07) is 2.17. The van der Waals surface area contributed by atoms with E-state index in [9.17, 15) is 0 Å². The second-order valence-electron chi connectivity index (χ2n) is 3.70. The summed E-state index contributed by atoms with van der Waals surface area (Å²) < 4.78 is 0. The Labute approximate surface area is 91.4 Å². The van der Waals surface area contributed by atoms with Crippen LogP contribution in [0.4, 0.5) is 0 Å². The minimum absolute atomic E-state index is 0.822. The van der Waals surface area contributed by atoms with E-state index in [1.54, 1.807) is 0 Å². The molecule has 1 aliphatic rings. The highest BCUT2D eigenvalue weighted by Gasteiger charge is 2.06. The zero-order chi connectivity index (χ0) is 11.3. The molecule has 15 heavy (non-hydrogen) atoms. The fraction of sp³-hybridized carbons (Fsp3) is 0.214. The average Bonchev–Trinajstić information content (AvgIpc) is 2.26. The van der Waals surface area contributed by atoms with Crippen molar-refractivity contribution in [3.8, 4) is 6.07 Å². The largest absolute Gasteiger partial charge is 0.193 e. The summed E-state index contributed by atoms with van der Waals surface area (Å²) in [6.45, 7) is 9.74. The highest BCUT2D eigenvalue weighted by Crippen LogP contribution is 2.23. The third-order valence-electron chi connectivity index (χ3n) is 2.27. The maximum absolute atomic E-state index is 8.70. The van der Waals surface area contributed by atoms with Crippen LogP contribution in [0.15, 0.2) is 59.8 Å². The molecule has 1 heteroatoms. The van der Waals surface area contributed by atoms with Crippen LogP contribution in [0, 0.1) is 11.3 Å². The standard InChI is InChI=1S/C14H15N/c1-11(2)4-5-12(3)14-8-6-13(10-15)7-9-14/h4-6,8H,1,3,7,9H2,2H3/b5-4-. The van der Waals surface area contributed by atoms with Crippen LogP contribution < -0.4 is 0 Å². The van der Waals surface area contributed by atoms with E-state index in [-0.39, 0.29) is 0 Å². The zero-order valence-electron chi connectivity index (χ0n) is 9.09. The van der Waals surface area contributed by atoms with Gasteiger partial charge < -0.3 is 0 Å². The number of allylic oxidation sites excluding steroid dienone is 8. The van der Waals surface area contributed by atoms with Crippen LogP contribution in [0.5, 0.6) is 0 Å². The normalized spacial score (nSPS) is 15.5. The van der Waals surface area contributed by atoms with E-state index in [1.807, 2.05) is 31.2 Å². The van der Waals surface area contributed by atoms with Crippen LogP contribution in [-0.2, 0) is 0 Å². The highest BCUT2D eigenvalue weighted by molar-refractivity contribution is 5.45. The molecule has 0 fully saturated rings. The monoisotopic (exact) mass is 197 g/mol. The van der Waals surface area contributed by atoms with Crippen molar-refractivity contribution in [1.82, 2.24) is 0 Å². The Morgan fingerprint density at radius 3 is 2.53 bits per heavy atom. The molecule has 0 amide bonds. The molecule has 1 rings (SSSR count). The van der Waals surface area contributed by atoms with Crippen molar-refractivity contribution in [2.75, 3.05) is 0 Å². The molecular formula is C14H15N. The maximum Gasteiger partial charge on any atom is 0.0947 e. The lowest BCUT2D eigenvalue weighted by Crippen LogP contribution is -1.93. The molecule has 1 nitrogen and oxygen atoms in total. The molecule has 0 heterocycles. The van der Waals surface area contributed by atoms with Gasteiger partial charge in [-0.1, -0.05) is 37.0 Å². The van der Waals surface area contributed by atoms with Gasteiger partial charge >= 0.3 is 0 Å². The van der Waals surface area contributed by atoms with Gasteiger partial charge in [0.2, 0.25) is 0 Å². The Bertz CT molecular complexity index is 411. The van der Waals surface area contributed by atoms with Crippen LogP contribution in [-0.4, -0.2) is 0 Å². The molecule has 0 saturated heterocycles. The molecule has 0 radical (unpaired) electrons. The topological polar surface area (TPSA) is 23.8 Å². The van der Waals surface area contributed by atoms with Crippen molar-refractivity contribution >= 4 is 0 Å². The summed E-state index contributed by atoms with van der Waals surface area (Å²) >= 11 is 0. The number of nitriles is 1. The maximum atomic E-state index is 8.70. The van der Waals surface area contributed by atoms with Gasteiger partial charge in [-0.25, -0.2) is 0 Å². The second-order valence-corrected chi connectivity index (χ2v) is 3.70. The quantitative estimate of drug-likeness (QED) is 0.630. The fourth-order valence-electron chi connectivity index (χ4n) is 1.35. The van der Waals surface area contributed by atoms with Crippen LogP contribution >= 0.6 is 0 Å². The lowest BCUT2D eigenvalue weighted by Gasteiger charge is -2.10. The molecule has 0 bridgehead atoms. The molecule has 0 aromatic rings. The van der Waals surface area contributed by atoms with E-state index in [0.717, 1.165) is 29.6 Å². The number of hydrogen-bond acceptors (Lipinski definition) is 1. The van der Waals surface area contributed by atoms with E-state index < -0.39 is 0 Å². The SMILES string of the molecule is C=C(C)/C=C\C(=C)C1=CC=C(C#N)CC1. The van der Waals surface area contributed by atoms with Crippen molar-refractivity contribution in [3.63, 3.8) is 0 Å². The number of rotatable bonds is 3. The second kappa shape index (κ2) is 5.17. The van der Waals surface area contributed by atoms with E-state index >= 15 is 0 Å². The minimum atomic E-state index is 0.822. The predicted molar refractivity (Wildman–Crippen MR) is 64.1 cm³/mol. The molecular weight excluding hydrogens is 182 g/mol. The molecule has 76 valence electrons. The van der Waals surface area contributed by atoms with Gasteiger partial charge in [0.25, 0.3) is 0 Å². The average molecular weight is 197 g/mol. The molecule has 1 aliphatic carbocycles. The third-order valence-corrected chi connectivity index (χ3v) is 2.27. The summed E-state index contributed by atoms with van der Waals surface area (Å²) in [5, 5.41) is 8.70. The van der Waals surface area contributed by atoms with Crippen LogP contribution in [0.2, 0.25) is 0 Å². The lowest BCUT2D eigenvalue weighted by molar-refractivity contribution is 0.946. The first kappa shape index (κ1) is 11.3. The molecule has 0 spiro atoms. The molecule has 0 atom stereocenters. The first-order valence-corrected chi connectivity index (χ1v) is 4.96. The summed E-state index contributed by atoms with van der Waals surface area (Å²) in [5.41, 5.74) is 4.06. The molecule has 0 aromatic carbocycles. The molecule has 0 aliphatic heterocycles. The lowest BCUT2D eigenvalue weighted by atomic mass is 9.94. The molecule has 0 unspecified atom stereocenters. The number of nitrogens with zero attached hydrogens (tertiary/aromatic N) is 1. The highest BCUT2D eigenvalue weighted by atomic mass is 14.2. The van der Waals surface area contributed by atoms with E-state index in [0.29, 0.717) is 0 Å². The molecule has 0 saturated carbocycles. The fourth-order valence-corrected chi connectivity index (χ4v) is 1.35. The minimum Gasteiger partial charge on any atom is -0.193 e. The Morgan fingerprint density at radius 2 is 2.07 bits per heavy atom. The van der Waals surface area contributed by atoms with Gasteiger partial charge in [-0.15, -0.1) is 0 Å². The first-order valence-electron chi connectivity index (χ1n) is 4.96. The summed E-state index contributed by atoms with van der Waals surface area (Å²) in [7, 11) is 0. The molecule has 0 aromatic heterocycles. The van der Waals surface area contributed by atoms with Crippen LogP contribution in [0.1, 0.15) is 19.8 Å². The third kappa shape index (κ3) is 3.44. The zero-order valence-corrected chi connectivity index (χ0v) is 9.09. The number of hydrogen-bond donors (Lipinski definition) is 0. The Kier molecular flexibility index (Phi) is 3.88. The summed E-state index contributed by atoms with van der Waals surface area (Å²) in [5.74, 6) is 0. The van der Waals surface area contributed by atoms with Crippen LogP contribution in [0.25, 0.3) is 0 Å². The Balaban J connectivity index is 2.72. The van der Waals surface area contributed by atoms with E-state index in [2.05, 4.69) is 19.2 Å². The smallest absolute Gasteiger partial charge is 0.0947 e. The van der Waals surface area contributed by atoms with Crippen molar-refractivity contribution in [2.45, 2.75) is 19.8 Å². The van der Waals surface area contributed by atoms with E-state index in [1.165, 1.54) is 5.57 Å². The van der Waals surface area contributed by atoms with Gasteiger partial charge in [-0.3, -0.25) is 0 Å². The predicted octanol–water partition coefficient (Wildman–Crippen LogP) is 3.85. The summed E-state index contributed by atoms with van der Waals surface area (Å²) in [4.78, 5) is 0. The Morgan fingerprint density at radius 1 is 1.33 bits per heavy atom. The van der Waals surface area contributed by atoms with Gasteiger partial charge in [0.1, 0.15) is 0 Å². The van der Waals surface area contributed by atoms with Gasteiger partial charge in [0.05, 0.1) is 6.07 Å². The summed E-state index contributed by atoms with van der Waals surface area (Å²) in [6.07, 6.45) is 9.50. The van der Waals surface area contributed by atoms with Gasteiger partial charge in [0, 0.05) is 5.57 Å². The van der Waals surface area contributed by atoms with Gasteiger partial charge in [0.15, 0.2) is 0 Å². The molecule has 0 N–H and O–H groups in total. The van der Waals surface area contributed by atoms with Crippen molar-refractivity contribution in [1.29, 1.82) is 5.26 Å². The van der Waals surface area contributed by atoms with Crippen molar-refractivity contribution in [2.24, 2.45) is 0 Å². The van der Waals surface area contributed by atoms with Gasteiger partial charge in [-0.2, -0.15) is 5.26 Å². The first-order chi connectivity index (χ1) is 7.13. The van der Waals surface area contributed by atoms with Crippen molar-refractivity contribution < 1.29 is 0 Å². The Hall–Kier alpha value is -1.81. The van der Waals surface area contributed by atoms with Gasteiger partial charge in [-0.05, 0) is 37.0 Å². The van der Waals surface area contributed by atoms with E-state index in [4.69, 9.17) is 5.26 Å². The van der Waals surface area contributed by atoms with Crippen LogP contribution in [0.3, 0.4) is 0 Å².